The molecule has 1 spiro atoms. The maximum atomic E-state index is 13.1. The summed E-state index contributed by atoms with van der Waals surface area (Å²) in [4.78, 5) is 25.6. The maximum absolute atomic E-state index is 13.1. The second-order valence-corrected chi connectivity index (χ2v) is 9.05. The SMILES string of the molecule is CC1=C2CC(C)(C)CCC(=O)C(C)CC3C[C@H](C)C[C@]3(O2)C1=O. The third kappa shape index (κ3) is 2.77. The van der Waals surface area contributed by atoms with Gasteiger partial charge in [0.2, 0.25) is 5.78 Å². The van der Waals surface area contributed by atoms with Gasteiger partial charge in [0.05, 0.1) is 0 Å². The minimum Gasteiger partial charge on any atom is -0.483 e. The predicted molar refractivity (Wildman–Crippen MR) is 89.8 cm³/mol. The molecule has 1 aliphatic carbocycles. The zero-order valence-electron chi connectivity index (χ0n) is 15.2. The van der Waals surface area contributed by atoms with Gasteiger partial charge in [-0.25, -0.2) is 0 Å². The number of ether oxygens (including phenoxy) is 1. The molecule has 0 aromatic carbocycles. The summed E-state index contributed by atoms with van der Waals surface area (Å²) in [5, 5.41) is 0. The van der Waals surface area contributed by atoms with Crippen molar-refractivity contribution < 1.29 is 14.3 Å². The van der Waals surface area contributed by atoms with Crippen molar-refractivity contribution >= 4 is 11.6 Å². The van der Waals surface area contributed by atoms with Gasteiger partial charge in [-0.3, -0.25) is 9.59 Å². The van der Waals surface area contributed by atoms with Crippen LogP contribution >= 0.6 is 0 Å². The van der Waals surface area contributed by atoms with Crippen LogP contribution in [-0.2, 0) is 14.3 Å². The van der Waals surface area contributed by atoms with Crippen LogP contribution in [-0.4, -0.2) is 17.2 Å². The average Bonchev–Trinajstić information content (AvgIpc) is 2.88. The second-order valence-electron chi connectivity index (χ2n) is 9.05. The predicted octanol–water partition coefficient (Wildman–Crippen LogP) is 4.45. The summed E-state index contributed by atoms with van der Waals surface area (Å²) in [7, 11) is 0. The van der Waals surface area contributed by atoms with E-state index in [-0.39, 0.29) is 23.0 Å². The molecule has 2 heterocycles. The molecule has 1 saturated heterocycles. The molecule has 2 aliphatic heterocycles. The third-order valence-corrected chi connectivity index (χ3v) is 6.32. The van der Waals surface area contributed by atoms with Gasteiger partial charge in [0.15, 0.2) is 5.60 Å². The first-order valence-corrected chi connectivity index (χ1v) is 9.11. The van der Waals surface area contributed by atoms with Crippen LogP contribution in [0.1, 0.15) is 73.1 Å². The topological polar surface area (TPSA) is 43.4 Å². The molecule has 0 aromatic rings. The van der Waals surface area contributed by atoms with Crippen LogP contribution in [0.3, 0.4) is 0 Å². The van der Waals surface area contributed by atoms with Crippen LogP contribution in [0.5, 0.6) is 0 Å². The molecule has 0 amide bonds. The molecule has 3 rings (SSSR count). The number of rotatable bonds is 0. The lowest BCUT2D eigenvalue weighted by molar-refractivity contribution is -0.136. The monoisotopic (exact) mass is 318 g/mol. The van der Waals surface area contributed by atoms with Gasteiger partial charge < -0.3 is 4.74 Å². The van der Waals surface area contributed by atoms with E-state index < -0.39 is 5.60 Å². The van der Waals surface area contributed by atoms with Crippen molar-refractivity contribution in [1.29, 1.82) is 0 Å². The van der Waals surface area contributed by atoms with Crippen molar-refractivity contribution in [2.24, 2.45) is 23.2 Å². The molecule has 2 fully saturated rings. The number of hydrogen-bond acceptors (Lipinski definition) is 3. The fraction of sp³-hybridized carbons (Fsp3) is 0.800. The second kappa shape index (κ2) is 5.46. The number of fused-ring (bicyclic) bond motifs is 1. The molecule has 2 unspecified atom stereocenters. The summed E-state index contributed by atoms with van der Waals surface area (Å²) in [6.07, 6.45) is 4.85. The highest BCUT2D eigenvalue weighted by Gasteiger charge is 2.58. The number of carbonyl (C=O) groups is 2. The lowest BCUT2D eigenvalue weighted by Gasteiger charge is -2.32. The van der Waals surface area contributed by atoms with E-state index in [9.17, 15) is 9.59 Å². The van der Waals surface area contributed by atoms with E-state index in [0.717, 1.165) is 43.4 Å². The van der Waals surface area contributed by atoms with Gasteiger partial charge in [-0.2, -0.15) is 0 Å². The smallest absolute Gasteiger partial charge is 0.205 e. The van der Waals surface area contributed by atoms with Crippen LogP contribution in [0.4, 0.5) is 0 Å². The Kier molecular flexibility index (Phi) is 3.97. The quantitative estimate of drug-likeness (QED) is 0.663. The van der Waals surface area contributed by atoms with E-state index in [4.69, 9.17) is 4.74 Å². The van der Waals surface area contributed by atoms with Gasteiger partial charge in [-0.1, -0.05) is 27.7 Å². The van der Waals surface area contributed by atoms with Gasteiger partial charge in [0.25, 0.3) is 0 Å². The molecule has 0 aromatic heterocycles. The Bertz CT molecular complexity index is 571. The van der Waals surface area contributed by atoms with Gasteiger partial charge in [-0.15, -0.1) is 0 Å². The molecule has 2 bridgehead atoms. The van der Waals surface area contributed by atoms with Crippen molar-refractivity contribution in [1.82, 2.24) is 0 Å². The highest BCUT2D eigenvalue weighted by atomic mass is 16.5. The minimum atomic E-state index is -0.673. The average molecular weight is 318 g/mol. The zero-order valence-corrected chi connectivity index (χ0v) is 15.2. The molecule has 1 saturated carbocycles. The lowest BCUT2D eigenvalue weighted by Crippen LogP contribution is -2.42. The van der Waals surface area contributed by atoms with Crippen molar-refractivity contribution in [2.75, 3.05) is 0 Å². The normalized spacial score (nSPS) is 40.7. The first-order valence-electron chi connectivity index (χ1n) is 9.11. The van der Waals surface area contributed by atoms with Crippen LogP contribution in [0.2, 0.25) is 0 Å². The molecule has 0 N–H and O–H groups in total. The zero-order chi connectivity index (χ0) is 17.0. The van der Waals surface area contributed by atoms with Gasteiger partial charge in [0, 0.05) is 30.3 Å². The van der Waals surface area contributed by atoms with Crippen molar-refractivity contribution in [3.8, 4) is 0 Å². The van der Waals surface area contributed by atoms with E-state index >= 15 is 0 Å². The summed E-state index contributed by atoms with van der Waals surface area (Å²) in [6, 6.07) is 0. The van der Waals surface area contributed by atoms with E-state index in [0.29, 0.717) is 18.1 Å². The molecular weight excluding hydrogens is 288 g/mol. The van der Waals surface area contributed by atoms with Crippen LogP contribution in [0.25, 0.3) is 0 Å². The Morgan fingerprint density at radius 2 is 1.83 bits per heavy atom. The molecule has 3 aliphatic rings. The first-order chi connectivity index (χ1) is 10.6. The summed E-state index contributed by atoms with van der Waals surface area (Å²) < 4.78 is 6.44. The minimum absolute atomic E-state index is 0.0121. The van der Waals surface area contributed by atoms with Gasteiger partial charge in [0.1, 0.15) is 11.5 Å². The third-order valence-electron chi connectivity index (χ3n) is 6.32. The van der Waals surface area contributed by atoms with Crippen LogP contribution in [0, 0.1) is 23.2 Å². The van der Waals surface area contributed by atoms with E-state index in [1.807, 2.05) is 13.8 Å². The van der Waals surface area contributed by atoms with Crippen LogP contribution in [0.15, 0.2) is 11.3 Å². The van der Waals surface area contributed by atoms with E-state index in [1.165, 1.54) is 0 Å². The lowest BCUT2D eigenvalue weighted by atomic mass is 9.76. The Balaban J connectivity index is 2.01. The maximum Gasteiger partial charge on any atom is 0.205 e. The molecule has 128 valence electrons. The van der Waals surface area contributed by atoms with Crippen molar-refractivity contribution in [3.05, 3.63) is 11.3 Å². The molecule has 23 heavy (non-hydrogen) atoms. The summed E-state index contributed by atoms with van der Waals surface area (Å²) in [5.74, 6) is 2.12. The molecular formula is C20H30O3. The Morgan fingerprint density at radius 1 is 1.13 bits per heavy atom. The number of hydrogen-bond donors (Lipinski definition) is 0. The van der Waals surface area contributed by atoms with Crippen LogP contribution < -0.4 is 0 Å². The number of allylic oxidation sites excluding steroid dienone is 1. The fourth-order valence-corrected chi connectivity index (χ4v) is 4.88. The van der Waals surface area contributed by atoms with E-state index in [2.05, 4.69) is 20.8 Å². The summed E-state index contributed by atoms with van der Waals surface area (Å²) in [5.41, 5.74) is 0.145. The highest BCUT2D eigenvalue weighted by Crippen LogP contribution is 2.53. The molecule has 3 heteroatoms. The van der Waals surface area contributed by atoms with Gasteiger partial charge >= 0.3 is 0 Å². The molecule has 0 radical (unpaired) electrons. The Hall–Kier alpha value is -1.12. The summed E-state index contributed by atoms with van der Waals surface area (Å²) in [6.45, 7) is 10.5. The Morgan fingerprint density at radius 3 is 2.52 bits per heavy atom. The Labute approximate surface area is 139 Å². The largest absolute Gasteiger partial charge is 0.483 e. The van der Waals surface area contributed by atoms with Gasteiger partial charge in [-0.05, 0) is 43.9 Å². The number of Topliss-reactive ketones (excluding diaryl/α,β-unsaturated/α-hetero) is 2. The number of carbonyl (C=O) groups excluding carboxylic acids is 2. The molecule has 4 atom stereocenters. The number of ketones is 2. The fourth-order valence-electron chi connectivity index (χ4n) is 4.88. The molecule has 3 nitrogen and oxygen atoms in total. The van der Waals surface area contributed by atoms with E-state index in [1.54, 1.807) is 0 Å². The summed E-state index contributed by atoms with van der Waals surface area (Å²) >= 11 is 0. The highest BCUT2D eigenvalue weighted by molar-refractivity contribution is 6.04. The first kappa shape index (κ1) is 16.7. The van der Waals surface area contributed by atoms with Crippen molar-refractivity contribution in [3.63, 3.8) is 0 Å². The standard InChI is InChI=1S/C20H30O3/c1-12-8-15-9-13(2)16(21)6-7-19(4,5)11-17-14(3)18(22)20(15,10-12)23-17/h12-13,15H,6-11H2,1-5H3/t12-,13?,15?,20+/m0/s1. The van der Waals surface area contributed by atoms with Crippen molar-refractivity contribution in [2.45, 2.75) is 78.7 Å².